The molecule has 5 nitrogen and oxygen atoms in total. The summed E-state index contributed by atoms with van der Waals surface area (Å²) in [6, 6.07) is 6.64. The maximum atomic E-state index is 12.7. The van der Waals surface area contributed by atoms with Crippen molar-refractivity contribution in [3.63, 3.8) is 0 Å². The molecule has 1 aromatic carbocycles. The first-order valence-electron chi connectivity index (χ1n) is 7.25. The largest absolute Gasteiger partial charge is 0.398 e. The van der Waals surface area contributed by atoms with Crippen molar-refractivity contribution in [2.75, 3.05) is 18.8 Å². The summed E-state index contributed by atoms with van der Waals surface area (Å²) in [5.74, 6) is 0.360. The van der Waals surface area contributed by atoms with Crippen LogP contribution < -0.4 is 5.73 Å². The summed E-state index contributed by atoms with van der Waals surface area (Å²) in [5, 5.41) is 1.12. The Morgan fingerprint density at radius 2 is 1.95 bits per heavy atom. The molecular weight excluding hydrogens is 318 g/mol. The van der Waals surface area contributed by atoms with Crippen LogP contribution in [0.1, 0.15) is 28.6 Å². The fourth-order valence-corrected chi connectivity index (χ4v) is 5.29. The van der Waals surface area contributed by atoms with E-state index in [2.05, 4.69) is 4.98 Å². The van der Waals surface area contributed by atoms with Gasteiger partial charge in [0, 0.05) is 30.1 Å². The van der Waals surface area contributed by atoms with E-state index in [1.54, 1.807) is 35.6 Å². The third-order valence-corrected chi connectivity index (χ3v) is 7.03. The predicted octanol–water partition coefficient (Wildman–Crippen LogP) is 2.60. The molecule has 1 saturated heterocycles. The van der Waals surface area contributed by atoms with Crippen LogP contribution in [0, 0.1) is 6.92 Å². The number of hydrogen-bond donors (Lipinski definition) is 1. The molecule has 1 aliphatic rings. The number of nitrogen functional groups attached to an aromatic ring is 1. The minimum absolute atomic E-state index is 0.207. The van der Waals surface area contributed by atoms with Crippen molar-refractivity contribution in [3.8, 4) is 0 Å². The zero-order valence-electron chi connectivity index (χ0n) is 12.4. The second kappa shape index (κ2) is 5.98. The number of anilines is 1. The molecule has 22 heavy (non-hydrogen) atoms. The van der Waals surface area contributed by atoms with Gasteiger partial charge in [-0.05, 0) is 31.9 Å². The lowest BCUT2D eigenvalue weighted by Gasteiger charge is -2.30. The minimum atomic E-state index is -3.50. The van der Waals surface area contributed by atoms with Crippen molar-refractivity contribution in [1.82, 2.24) is 9.29 Å². The van der Waals surface area contributed by atoms with Crippen LogP contribution in [0.3, 0.4) is 0 Å². The van der Waals surface area contributed by atoms with Crippen molar-refractivity contribution < 1.29 is 8.42 Å². The highest BCUT2D eigenvalue weighted by Crippen LogP contribution is 2.33. The molecule has 1 aromatic heterocycles. The van der Waals surface area contributed by atoms with Crippen molar-refractivity contribution in [3.05, 3.63) is 40.3 Å². The quantitative estimate of drug-likeness (QED) is 0.874. The van der Waals surface area contributed by atoms with E-state index in [1.165, 1.54) is 9.18 Å². The number of aromatic nitrogens is 1. The van der Waals surface area contributed by atoms with Gasteiger partial charge in [-0.25, -0.2) is 13.4 Å². The number of aryl methyl sites for hydroxylation is 1. The Morgan fingerprint density at radius 1 is 1.27 bits per heavy atom. The Labute approximate surface area is 134 Å². The molecule has 2 N–H and O–H groups in total. The van der Waals surface area contributed by atoms with Gasteiger partial charge in [0.25, 0.3) is 0 Å². The third kappa shape index (κ3) is 2.88. The summed E-state index contributed by atoms with van der Waals surface area (Å²) in [7, 11) is -3.50. The lowest BCUT2D eigenvalue weighted by molar-refractivity contribution is 0.319. The van der Waals surface area contributed by atoms with E-state index in [0.717, 1.165) is 17.8 Å². The van der Waals surface area contributed by atoms with E-state index in [9.17, 15) is 8.42 Å². The molecular formula is C15H19N3O2S2. The topological polar surface area (TPSA) is 76.3 Å². The zero-order chi connectivity index (χ0) is 15.7. The van der Waals surface area contributed by atoms with Gasteiger partial charge in [0.15, 0.2) is 0 Å². The van der Waals surface area contributed by atoms with Gasteiger partial charge in [-0.3, -0.25) is 0 Å². The number of nitrogens with two attached hydrogens (primary N) is 1. The molecule has 0 spiro atoms. The molecule has 0 amide bonds. The lowest BCUT2D eigenvalue weighted by atomic mass is 9.99. The highest BCUT2D eigenvalue weighted by atomic mass is 32.2. The van der Waals surface area contributed by atoms with Gasteiger partial charge >= 0.3 is 0 Å². The van der Waals surface area contributed by atoms with Crippen molar-refractivity contribution in [2.24, 2.45) is 0 Å². The first-order chi connectivity index (χ1) is 10.5. The smallest absolute Gasteiger partial charge is 0.245 e. The van der Waals surface area contributed by atoms with E-state index in [-0.39, 0.29) is 4.90 Å². The van der Waals surface area contributed by atoms with Crippen molar-refractivity contribution in [1.29, 1.82) is 0 Å². The summed E-state index contributed by atoms with van der Waals surface area (Å²) in [5.41, 5.74) is 6.13. The van der Waals surface area contributed by atoms with E-state index < -0.39 is 10.0 Å². The average Bonchev–Trinajstić information content (AvgIpc) is 2.94. The van der Waals surface area contributed by atoms with Gasteiger partial charge in [0.1, 0.15) is 4.90 Å². The van der Waals surface area contributed by atoms with Crippen molar-refractivity contribution >= 4 is 27.0 Å². The average molecular weight is 337 g/mol. The van der Waals surface area contributed by atoms with Gasteiger partial charge in [-0.15, -0.1) is 11.3 Å². The van der Waals surface area contributed by atoms with Crippen molar-refractivity contribution in [2.45, 2.75) is 30.6 Å². The van der Waals surface area contributed by atoms with Gasteiger partial charge in [0.05, 0.1) is 10.7 Å². The molecule has 0 saturated carbocycles. The number of piperidine rings is 1. The van der Waals surface area contributed by atoms with Crippen LogP contribution in [0.4, 0.5) is 5.69 Å². The summed E-state index contributed by atoms with van der Waals surface area (Å²) in [4.78, 5) is 5.83. The molecule has 1 aliphatic heterocycles. The van der Waals surface area contributed by atoms with Crippen LogP contribution in [-0.4, -0.2) is 30.8 Å². The summed E-state index contributed by atoms with van der Waals surface area (Å²) in [6.07, 6.45) is 3.49. The van der Waals surface area contributed by atoms with E-state index in [1.807, 2.05) is 13.1 Å². The van der Waals surface area contributed by atoms with Crippen LogP contribution in [0.25, 0.3) is 0 Å². The Bertz CT molecular complexity index is 763. The van der Waals surface area contributed by atoms with Crippen LogP contribution in [0.5, 0.6) is 0 Å². The second-order valence-corrected chi connectivity index (χ2v) is 8.70. The first-order valence-corrected chi connectivity index (χ1v) is 9.51. The highest BCUT2D eigenvalue weighted by Gasteiger charge is 2.31. The van der Waals surface area contributed by atoms with Crippen LogP contribution in [0.2, 0.25) is 0 Å². The molecule has 118 valence electrons. The summed E-state index contributed by atoms with van der Waals surface area (Å²) < 4.78 is 26.9. The number of nitrogens with zero attached hydrogens (tertiary/aromatic N) is 2. The number of hydrogen-bond acceptors (Lipinski definition) is 5. The number of para-hydroxylation sites is 1. The number of benzene rings is 1. The molecule has 0 atom stereocenters. The highest BCUT2D eigenvalue weighted by molar-refractivity contribution is 7.89. The number of rotatable bonds is 3. The first kappa shape index (κ1) is 15.5. The maximum Gasteiger partial charge on any atom is 0.245 e. The maximum absolute atomic E-state index is 12.7. The Kier molecular flexibility index (Phi) is 4.20. The molecule has 2 heterocycles. The number of thiazole rings is 1. The van der Waals surface area contributed by atoms with Crippen LogP contribution in [-0.2, 0) is 10.0 Å². The van der Waals surface area contributed by atoms with Gasteiger partial charge < -0.3 is 5.73 Å². The predicted molar refractivity (Wildman–Crippen MR) is 88.4 cm³/mol. The van der Waals surface area contributed by atoms with Gasteiger partial charge in [0.2, 0.25) is 10.0 Å². The fourth-order valence-electron chi connectivity index (χ4n) is 2.76. The second-order valence-electron chi connectivity index (χ2n) is 5.53. The SMILES string of the molecule is Cc1cnc(C2CCN(S(=O)(=O)c3ccccc3N)CC2)s1. The molecule has 0 aliphatic carbocycles. The molecule has 0 unspecified atom stereocenters. The third-order valence-electron chi connectivity index (χ3n) is 3.98. The molecule has 3 rings (SSSR count). The monoisotopic (exact) mass is 337 g/mol. The number of sulfonamides is 1. The summed E-state index contributed by atoms with van der Waals surface area (Å²) >= 11 is 1.70. The van der Waals surface area contributed by atoms with E-state index in [0.29, 0.717) is 24.7 Å². The standard InChI is InChI=1S/C15H19N3O2S2/c1-11-10-17-15(21-11)12-6-8-18(9-7-12)22(19,20)14-5-3-2-4-13(14)16/h2-5,10,12H,6-9,16H2,1H3. The molecule has 1 fully saturated rings. The molecule has 7 heteroatoms. The van der Waals surface area contributed by atoms with Crippen LogP contribution in [0.15, 0.2) is 35.4 Å². The Hall–Kier alpha value is -1.44. The van der Waals surface area contributed by atoms with Gasteiger partial charge in [-0.2, -0.15) is 4.31 Å². The zero-order valence-corrected chi connectivity index (χ0v) is 14.0. The van der Waals surface area contributed by atoms with Crippen LogP contribution >= 0.6 is 11.3 Å². The molecule has 2 aromatic rings. The summed E-state index contributed by atoms with van der Waals surface area (Å²) in [6.45, 7) is 3.07. The fraction of sp³-hybridized carbons (Fsp3) is 0.400. The van der Waals surface area contributed by atoms with Gasteiger partial charge in [-0.1, -0.05) is 12.1 Å². The Morgan fingerprint density at radius 3 is 2.55 bits per heavy atom. The Balaban J connectivity index is 1.75. The molecule has 0 bridgehead atoms. The van der Waals surface area contributed by atoms with E-state index >= 15 is 0 Å². The molecule has 0 radical (unpaired) electrons. The normalized spacial score (nSPS) is 17.7. The van der Waals surface area contributed by atoms with E-state index in [4.69, 9.17) is 5.73 Å². The lowest BCUT2D eigenvalue weighted by Crippen LogP contribution is -2.38. The minimum Gasteiger partial charge on any atom is -0.398 e.